The summed E-state index contributed by atoms with van der Waals surface area (Å²) in [6.07, 6.45) is 1.73. The predicted molar refractivity (Wildman–Crippen MR) is 78.5 cm³/mol. The minimum atomic E-state index is -0.505. The monoisotopic (exact) mass is 273 g/mol. The SMILES string of the molecule is CC(C)NC(COc1ccc2cccnc2c1)C(N)=O. The molecular weight excluding hydrogens is 254 g/mol. The Balaban J connectivity index is 2.05. The first-order valence-corrected chi connectivity index (χ1v) is 6.59. The molecule has 1 amide bonds. The summed E-state index contributed by atoms with van der Waals surface area (Å²) in [5.41, 5.74) is 6.20. The summed E-state index contributed by atoms with van der Waals surface area (Å²) in [5.74, 6) is 0.255. The van der Waals surface area contributed by atoms with Crippen LogP contribution in [0, 0.1) is 0 Å². The lowest BCUT2D eigenvalue weighted by Crippen LogP contribution is -2.48. The number of carbonyl (C=O) groups is 1. The minimum absolute atomic E-state index is 0.161. The molecule has 1 atom stereocenters. The Morgan fingerprint density at radius 1 is 1.40 bits per heavy atom. The van der Waals surface area contributed by atoms with Crippen LogP contribution in [0.3, 0.4) is 0 Å². The van der Waals surface area contributed by atoms with Crippen LogP contribution in [0.25, 0.3) is 10.9 Å². The molecular formula is C15H19N3O2. The maximum Gasteiger partial charge on any atom is 0.238 e. The number of rotatable bonds is 6. The van der Waals surface area contributed by atoms with Crippen molar-refractivity contribution in [2.24, 2.45) is 5.73 Å². The van der Waals surface area contributed by atoms with Crippen molar-refractivity contribution in [2.45, 2.75) is 25.9 Å². The van der Waals surface area contributed by atoms with Crippen LogP contribution in [0.5, 0.6) is 5.75 Å². The lowest BCUT2D eigenvalue weighted by molar-refractivity contribution is -0.120. The second kappa shape index (κ2) is 6.34. The van der Waals surface area contributed by atoms with E-state index in [0.29, 0.717) is 5.75 Å². The van der Waals surface area contributed by atoms with Gasteiger partial charge in [-0.05, 0) is 18.2 Å². The third kappa shape index (κ3) is 3.68. The van der Waals surface area contributed by atoms with Gasteiger partial charge < -0.3 is 15.8 Å². The number of hydrogen-bond acceptors (Lipinski definition) is 4. The van der Waals surface area contributed by atoms with Crippen LogP contribution in [0.15, 0.2) is 36.5 Å². The maximum atomic E-state index is 11.3. The fourth-order valence-electron chi connectivity index (χ4n) is 1.93. The number of nitrogens with two attached hydrogens (primary N) is 1. The molecule has 1 aromatic carbocycles. The van der Waals surface area contributed by atoms with Gasteiger partial charge in [-0.2, -0.15) is 0 Å². The zero-order chi connectivity index (χ0) is 14.5. The fourth-order valence-corrected chi connectivity index (χ4v) is 1.93. The van der Waals surface area contributed by atoms with Crippen LogP contribution in [0.1, 0.15) is 13.8 Å². The lowest BCUT2D eigenvalue weighted by Gasteiger charge is -2.18. The van der Waals surface area contributed by atoms with Gasteiger partial charge in [0.05, 0.1) is 5.52 Å². The van der Waals surface area contributed by atoms with Crippen molar-refractivity contribution in [3.05, 3.63) is 36.5 Å². The highest BCUT2D eigenvalue weighted by molar-refractivity contribution is 5.80. The van der Waals surface area contributed by atoms with Crippen LogP contribution >= 0.6 is 0 Å². The summed E-state index contributed by atoms with van der Waals surface area (Å²) >= 11 is 0. The average molecular weight is 273 g/mol. The Labute approximate surface area is 118 Å². The molecule has 0 saturated carbocycles. The molecule has 0 radical (unpaired) electrons. The Morgan fingerprint density at radius 3 is 2.90 bits per heavy atom. The Bertz CT molecular complexity index is 598. The van der Waals surface area contributed by atoms with Crippen LogP contribution in [0.4, 0.5) is 0 Å². The number of nitrogens with one attached hydrogen (secondary N) is 1. The molecule has 5 heteroatoms. The van der Waals surface area contributed by atoms with Crippen molar-refractivity contribution < 1.29 is 9.53 Å². The summed E-state index contributed by atoms with van der Waals surface area (Å²) in [4.78, 5) is 15.6. The molecule has 2 rings (SSSR count). The fraction of sp³-hybridized carbons (Fsp3) is 0.333. The number of carbonyl (C=O) groups excluding carboxylic acids is 1. The molecule has 0 aliphatic rings. The van der Waals surface area contributed by atoms with E-state index in [1.165, 1.54) is 0 Å². The van der Waals surface area contributed by atoms with Gasteiger partial charge >= 0.3 is 0 Å². The normalized spacial score (nSPS) is 12.6. The van der Waals surface area contributed by atoms with E-state index in [2.05, 4.69) is 10.3 Å². The van der Waals surface area contributed by atoms with Gasteiger partial charge in [0.25, 0.3) is 0 Å². The quantitative estimate of drug-likeness (QED) is 0.835. The van der Waals surface area contributed by atoms with Crippen LogP contribution < -0.4 is 15.8 Å². The van der Waals surface area contributed by atoms with E-state index in [-0.39, 0.29) is 12.6 Å². The third-order valence-corrected chi connectivity index (χ3v) is 2.87. The van der Waals surface area contributed by atoms with Gasteiger partial charge in [0.15, 0.2) is 0 Å². The van der Waals surface area contributed by atoms with Gasteiger partial charge in [-0.15, -0.1) is 0 Å². The molecule has 0 saturated heterocycles. The molecule has 106 valence electrons. The topological polar surface area (TPSA) is 77.2 Å². The Morgan fingerprint density at radius 2 is 2.20 bits per heavy atom. The van der Waals surface area contributed by atoms with Crippen molar-refractivity contribution in [1.82, 2.24) is 10.3 Å². The smallest absolute Gasteiger partial charge is 0.238 e. The molecule has 1 aromatic heterocycles. The van der Waals surface area contributed by atoms with Crippen molar-refractivity contribution in [3.8, 4) is 5.75 Å². The van der Waals surface area contributed by atoms with Gasteiger partial charge in [0.1, 0.15) is 18.4 Å². The number of hydrogen-bond donors (Lipinski definition) is 2. The van der Waals surface area contributed by atoms with Gasteiger partial charge in [-0.1, -0.05) is 19.9 Å². The zero-order valence-corrected chi connectivity index (χ0v) is 11.7. The highest BCUT2D eigenvalue weighted by Gasteiger charge is 2.16. The largest absolute Gasteiger partial charge is 0.491 e. The number of benzene rings is 1. The first-order chi connectivity index (χ1) is 9.56. The molecule has 0 aliphatic heterocycles. The summed E-state index contributed by atoms with van der Waals surface area (Å²) in [6, 6.07) is 9.17. The maximum absolute atomic E-state index is 11.3. The lowest BCUT2D eigenvalue weighted by atomic mass is 10.2. The average Bonchev–Trinajstić information content (AvgIpc) is 2.42. The second-order valence-corrected chi connectivity index (χ2v) is 4.95. The molecule has 0 bridgehead atoms. The van der Waals surface area contributed by atoms with Crippen molar-refractivity contribution in [2.75, 3.05) is 6.61 Å². The van der Waals surface area contributed by atoms with E-state index in [9.17, 15) is 4.79 Å². The summed E-state index contributed by atoms with van der Waals surface area (Å²) in [7, 11) is 0. The molecule has 1 heterocycles. The van der Waals surface area contributed by atoms with Crippen molar-refractivity contribution >= 4 is 16.8 Å². The first kappa shape index (κ1) is 14.3. The zero-order valence-electron chi connectivity index (χ0n) is 11.7. The van der Waals surface area contributed by atoms with Crippen molar-refractivity contribution in [1.29, 1.82) is 0 Å². The van der Waals surface area contributed by atoms with Gasteiger partial charge in [-0.3, -0.25) is 9.78 Å². The number of aromatic nitrogens is 1. The van der Waals surface area contributed by atoms with Crippen molar-refractivity contribution in [3.63, 3.8) is 0 Å². The van der Waals surface area contributed by atoms with E-state index in [1.807, 2.05) is 44.2 Å². The van der Waals surface area contributed by atoms with E-state index in [0.717, 1.165) is 10.9 Å². The molecule has 0 spiro atoms. The standard InChI is InChI=1S/C15H19N3O2/c1-10(2)18-14(15(16)19)9-20-12-6-5-11-4-3-7-17-13(11)8-12/h3-8,10,14,18H,9H2,1-2H3,(H2,16,19). The number of fused-ring (bicyclic) bond motifs is 1. The van der Waals surface area contributed by atoms with Crippen LogP contribution in [0.2, 0.25) is 0 Å². The summed E-state index contributed by atoms with van der Waals surface area (Å²) in [5, 5.41) is 4.12. The summed E-state index contributed by atoms with van der Waals surface area (Å²) in [6.45, 7) is 4.11. The molecule has 2 aromatic rings. The molecule has 0 fully saturated rings. The third-order valence-electron chi connectivity index (χ3n) is 2.87. The highest BCUT2D eigenvalue weighted by Crippen LogP contribution is 2.18. The van der Waals surface area contributed by atoms with E-state index >= 15 is 0 Å². The Kier molecular flexibility index (Phi) is 4.53. The van der Waals surface area contributed by atoms with Gasteiger partial charge in [0, 0.05) is 23.7 Å². The number of primary amides is 1. The van der Waals surface area contributed by atoms with Crippen LogP contribution in [-0.2, 0) is 4.79 Å². The highest BCUT2D eigenvalue weighted by atomic mass is 16.5. The summed E-state index contributed by atoms with van der Waals surface area (Å²) < 4.78 is 5.64. The van der Waals surface area contributed by atoms with E-state index in [1.54, 1.807) is 6.20 Å². The molecule has 0 aliphatic carbocycles. The predicted octanol–water partition coefficient (Wildman–Crippen LogP) is 1.47. The Hall–Kier alpha value is -2.14. The number of amides is 1. The molecule has 3 N–H and O–H groups in total. The van der Waals surface area contributed by atoms with Gasteiger partial charge in [-0.25, -0.2) is 0 Å². The van der Waals surface area contributed by atoms with E-state index < -0.39 is 11.9 Å². The molecule has 1 unspecified atom stereocenters. The van der Waals surface area contributed by atoms with Gasteiger partial charge in [0.2, 0.25) is 5.91 Å². The number of pyridine rings is 1. The van der Waals surface area contributed by atoms with Crippen LogP contribution in [-0.4, -0.2) is 29.6 Å². The molecule has 20 heavy (non-hydrogen) atoms. The molecule has 5 nitrogen and oxygen atoms in total. The number of nitrogens with zero attached hydrogens (tertiary/aromatic N) is 1. The second-order valence-electron chi connectivity index (χ2n) is 4.95. The minimum Gasteiger partial charge on any atom is -0.491 e. The first-order valence-electron chi connectivity index (χ1n) is 6.59. The van der Waals surface area contributed by atoms with E-state index in [4.69, 9.17) is 10.5 Å². The number of ether oxygens (including phenoxy) is 1.